The molecule has 0 aromatic heterocycles. The molecule has 0 unspecified atom stereocenters. The summed E-state index contributed by atoms with van der Waals surface area (Å²) in [4.78, 5) is 4.57. The normalized spacial score (nSPS) is 14.8. The molecular weight excluding hydrogens is 422 g/mol. The molecule has 154 valence electrons. The molecule has 2 aromatic rings. The van der Waals surface area contributed by atoms with Crippen LogP contribution in [0.4, 0.5) is 8.78 Å². The van der Waals surface area contributed by atoms with Gasteiger partial charge in [0.05, 0.1) is 17.1 Å². The number of allylic oxidation sites excluding steroid dienone is 5. The second-order valence-corrected chi connectivity index (χ2v) is 7.03. The Morgan fingerprint density at radius 3 is 1.79 bits per heavy atom. The topological polar surface area (TPSA) is 134 Å². The molecule has 2 aliphatic rings. The largest absolute Gasteiger partial charge is 0.396 e. The predicted molar refractivity (Wildman–Crippen MR) is 117 cm³/mol. The summed E-state index contributed by atoms with van der Waals surface area (Å²) in [6.45, 7) is 3.99. The molecule has 0 atom stereocenters. The van der Waals surface area contributed by atoms with Gasteiger partial charge in [-0.1, -0.05) is 12.6 Å². The van der Waals surface area contributed by atoms with Crippen LogP contribution in [-0.2, 0) is 0 Å². The van der Waals surface area contributed by atoms with Gasteiger partial charge in [0.2, 0.25) is 0 Å². The quantitative estimate of drug-likeness (QED) is 0.668. The van der Waals surface area contributed by atoms with Crippen molar-refractivity contribution >= 4 is 28.1 Å². The highest BCUT2D eigenvalue weighted by Gasteiger charge is 2.33. The van der Waals surface area contributed by atoms with E-state index in [1.807, 2.05) is 0 Å². The number of rotatable bonds is 1. The Kier molecular flexibility index (Phi) is 4.92. The zero-order valence-corrected chi connectivity index (χ0v) is 16.7. The summed E-state index contributed by atoms with van der Waals surface area (Å²) >= 11 is 0. The Labute approximate surface area is 187 Å². The Morgan fingerprint density at radius 2 is 1.24 bits per heavy atom. The smallest absolute Gasteiger partial charge is 0.139 e. The fourth-order valence-electron chi connectivity index (χ4n) is 3.88. The van der Waals surface area contributed by atoms with Gasteiger partial charge in [-0.25, -0.2) is 13.8 Å². The third-order valence-corrected chi connectivity index (χ3v) is 5.30. The van der Waals surface area contributed by atoms with Crippen LogP contribution in [0.25, 0.3) is 22.4 Å². The van der Waals surface area contributed by atoms with Gasteiger partial charge in [0.1, 0.15) is 47.1 Å². The van der Waals surface area contributed by atoms with E-state index in [2.05, 4.69) is 11.6 Å². The lowest BCUT2D eigenvalue weighted by Gasteiger charge is -2.06. The molecule has 0 heterocycles. The van der Waals surface area contributed by atoms with Crippen LogP contribution >= 0.6 is 0 Å². The van der Waals surface area contributed by atoms with E-state index < -0.39 is 11.6 Å². The molecule has 0 amide bonds. The molecule has 8 heteroatoms. The van der Waals surface area contributed by atoms with Crippen molar-refractivity contribution in [1.29, 1.82) is 21.0 Å². The SMILES string of the molecule is C=C1/C(=N\C2=C(N)C(=C(C#N)C#N)c3cc(F)ccc32)C(=C(C#N)C#N)c2cc(F)ccc21. The summed E-state index contributed by atoms with van der Waals surface area (Å²) in [5, 5.41) is 37.7. The minimum atomic E-state index is -0.604. The van der Waals surface area contributed by atoms with E-state index in [1.165, 1.54) is 30.3 Å². The summed E-state index contributed by atoms with van der Waals surface area (Å²) < 4.78 is 28.0. The number of nitrogens with zero attached hydrogens (tertiary/aromatic N) is 5. The van der Waals surface area contributed by atoms with Crippen LogP contribution in [0.5, 0.6) is 0 Å². The van der Waals surface area contributed by atoms with Crippen molar-refractivity contribution in [3.8, 4) is 24.3 Å². The summed E-state index contributed by atoms with van der Waals surface area (Å²) in [6, 6.07) is 14.7. The Hall–Kier alpha value is -5.31. The molecule has 0 radical (unpaired) electrons. The number of halogens is 2. The first-order valence-corrected chi connectivity index (χ1v) is 9.34. The molecule has 2 N–H and O–H groups in total. The van der Waals surface area contributed by atoms with Gasteiger partial charge in [-0.05, 0) is 47.0 Å². The molecule has 0 aliphatic heterocycles. The summed E-state index contributed by atoms with van der Waals surface area (Å²) in [5.74, 6) is -1.18. The molecule has 0 bridgehead atoms. The number of nitriles is 4. The Balaban J connectivity index is 2.08. The predicted octanol–water partition coefficient (Wildman–Crippen LogP) is 4.38. The second kappa shape index (κ2) is 7.75. The van der Waals surface area contributed by atoms with E-state index in [1.54, 1.807) is 24.3 Å². The molecular formula is C25H10F2N6. The monoisotopic (exact) mass is 432 g/mol. The fraction of sp³-hybridized carbons (Fsp3) is 0. The van der Waals surface area contributed by atoms with Crippen LogP contribution in [-0.4, -0.2) is 5.71 Å². The van der Waals surface area contributed by atoms with Crippen molar-refractivity contribution in [3.05, 3.63) is 93.7 Å². The maximum atomic E-state index is 14.0. The molecule has 0 saturated heterocycles. The lowest BCUT2D eigenvalue weighted by molar-refractivity contribution is 0.627. The highest BCUT2D eigenvalue weighted by Crippen LogP contribution is 2.45. The maximum Gasteiger partial charge on any atom is 0.139 e. The van der Waals surface area contributed by atoms with Gasteiger partial charge in [0, 0.05) is 22.3 Å². The van der Waals surface area contributed by atoms with Gasteiger partial charge >= 0.3 is 0 Å². The maximum absolute atomic E-state index is 14.0. The first-order chi connectivity index (χ1) is 15.9. The van der Waals surface area contributed by atoms with E-state index in [9.17, 15) is 29.8 Å². The lowest BCUT2D eigenvalue weighted by Crippen LogP contribution is -2.02. The molecule has 0 saturated carbocycles. The number of nitrogens with two attached hydrogens (primary N) is 1. The molecule has 2 aliphatic carbocycles. The van der Waals surface area contributed by atoms with Crippen LogP contribution in [0.1, 0.15) is 22.3 Å². The highest BCUT2D eigenvalue weighted by atomic mass is 19.1. The molecule has 6 nitrogen and oxygen atoms in total. The number of aliphatic imine (C=N–C) groups is 1. The van der Waals surface area contributed by atoms with E-state index in [-0.39, 0.29) is 50.5 Å². The summed E-state index contributed by atoms with van der Waals surface area (Å²) in [5.41, 5.74) is 7.58. The first-order valence-electron chi connectivity index (χ1n) is 9.34. The number of hydrogen-bond donors (Lipinski definition) is 1. The third kappa shape index (κ3) is 3.08. The highest BCUT2D eigenvalue weighted by molar-refractivity contribution is 6.51. The zero-order chi connectivity index (χ0) is 23.9. The second-order valence-electron chi connectivity index (χ2n) is 7.03. The van der Waals surface area contributed by atoms with Gasteiger partial charge in [-0.15, -0.1) is 0 Å². The van der Waals surface area contributed by atoms with E-state index in [0.717, 1.165) is 6.07 Å². The zero-order valence-electron chi connectivity index (χ0n) is 16.7. The average Bonchev–Trinajstić information content (AvgIpc) is 3.22. The first kappa shape index (κ1) is 20.9. The van der Waals surface area contributed by atoms with Gasteiger partial charge < -0.3 is 5.73 Å². The molecule has 4 rings (SSSR count). The lowest BCUT2D eigenvalue weighted by atomic mass is 10.0. The standard InChI is InChI=1S/C25H10F2N6/c1-12-17-4-2-15(26)6-19(17)22(14(10-30)11-31)24(12)33-25-18-5-3-16(27)7-20(18)21(23(25)32)13(8-28)9-29/h2-7H,1,32H2/b33-24+. The van der Waals surface area contributed by atoms with Gasteiger partial charge in [0.15, 0.2) is 0 Å². The van der Waals surface area contributed by atoms with E-state index >= 15 is 0 Å². The van der Waals surface area contributed by atoms with E-state index in [0.29, 0.717) is 16.7 Å². The minimum absolute atomic E-state index is 0.0346. The van der Waals surface area contributed by atoms with Crippen molar-refractivity contribution in [2.24, 2.45) is 10.7 Å². The van der Waals surface area contributed by atoms with Crippen molar-refractivity contribution in [2.75, 3.05) is 0 Å². The Morgan fingerprint density at radius 1 is 0.758 bits per heavy atom. The molecule has 33 heavy (non-hydrogen) atoms. The minimum Gasteiger partial charge on any atom is -0.396 e. The molecule has 2 aromatic carbocycles. The summed E-state index contributed by atoms with van der Waals surface area (Å²) in [7, 11) is 0. The van der Waals surface area contributed by atoms with Crippen molar-refractivity contribution < 1.29 is 8.78 Å². The van der Waals surface area contributed by atoms with Crippen LogP contribution in [0.2, 0.25) is 0 Å². The Bertz CT molecular complexity index is 1560. The molecule has 0 spiro atoms. The summed E-state index contributed by atoms with van der Waals surface area (Å²) in [6.07, 6.45) is 0. The van der Waals surface area contributed by atoms with Crippen LogP contribution in [0, 0.1) is 57.0 Å². The average molecular weight is 432 g/mol. The van der Waals surface area contributed by atoms with E-state index in [4.69, 9.17) is 5.73 Å². The van der Waals surface area contributed by atoms with Crippen LogP contribution < -0.4 is 5.73 Å². The van der Waals surface area contributed by atoms with Gasteiger partial charge in [0.25, 0.3) is 0 Å². The van der Waals surface area contributed by atoms with Gasteiger partial charge in [-0.2, -0.15) is 21.0 Å². The number of benzene rings is 2. The third-order valence-electron chi connectivity index (χ3n) is 5.30. The fourth-order valence-corrected chi connectivity index (χ4v) is 3.88. The van der Waals surface area contributed by atoms with Crippen molar-refractivity contribution in [2.45, 2.75) is 0 Å². The number of fused-ring (bicyclic) bond motifs is 2. The van der Waals surface area contributed by atoms with Crippen LogP contribution in [0.15, 0.2) is 64.8 Å². The van der Waals surface area contributed by atoms with Gasteiger partial charge in [-0.3, -0.25) is 0 Å². The van der Waals surface area contributed by atoms with Crippen molar-refractivity contribution in [3.63, 3.8) is 0 Å². The van der Waals surface area contributed by atoms with Crippen LogP contribution in [0.3, 0.4) is 0 Å². The molecule has 0 fully saturated rings. The number of hydrogen-bond acceptors (Lipinski definition) is 6. The van der Waals surface area contributed by atoms with Crippen molar-refractivity contribution in [1.82, 2.24) is 0 Å².